The molecule has 0 saturated heterocycles. The molecule has 0 aliphatic heterocycles. The minimum atomic E-state index is -0.464. The van der Waals surface area contributed by atoms with Crippen molar-refractivity contribution < 1.29 is 9.53 Å². The maximum absolute atomic E-state index is 11.5. The van der Waals surface area contributed by atoms with E-state index in [1.807, 2.05) is 39.0 Å². The molecule has 6 heteroatoms. The van der Waals surface area contributed by atoms with Crippen LogP contribution in [0.4, 0.5) is 10.5 Å². The number of carbonyl (C=O) groups excluding carboxylic acids is 1. The van der Waals surface area contributed by atoms with Gasteiger partial charge in [-0.15, -0.1) is 0 Å². The molecule has 1 aromatic heterocycles. The summed E-state index contributed by atoms with van der Waals surface area (Å²) >= 11 is 0. The van der Waals surface area contributed by atoms with Crippen LogP contribution in [0.1, 0.15) is 27.2 Å². The molecule has 0 fully saturated rings. The van der Waals surface area contributed by atoms with Gasteiger partial charge < -0.3 is 15.4 Å². The number of hydrogen-bond acceptors (Lipinski definition) is 5. The van der Waals surface area contributed by atoms with E-state index in [4.69, 9.17) is 4.74 Å². The summed E-state index contributed by atoms with van der Waals surface area (Å²) in [5.74, 6) is 0. The number of aromatic nitrogens is 2. The van der Waals surface area contributed by atoms with Crippen molar-refractivity contribution in [1.29, 1.82) is 0 Å². The SMILES string of the molecule is CC(C)(C)OC(=O)NCCCNc1ccc2nccnc2c1. The molecule has 0 unspecified atom stereocenters. The van der Waals surface area contributed by atoms with Gasteiger partial charge in [-0.1, -0.05) is 0 Å². The van der Waals surface area contributed by atoms with Gasteiger partial charge >= 0.3 is 6.09 Å². The van der Waals surface area contributed by atoms with Crippen LogP contribution in [0, 0.1) is 0 Å². The number of benzene rings is 1. The molecule has 0 saturated carbocycles. The van der Waals surface area contributed by atoms with Gasteiger partial charge in [0.05, 0.1) is 11.0 Å². The first-order chi connectivity index (χ1) is 10.4. The number of carbonyl (C=O) groups is 1. The van der Waals surface area contributed by atoms with E-state index in [0.29, 0.717) is 6.54 Å². The van der Waals surface area contributed by atoms with Crippen LogP contribution in [-0.2, 0) is 4.74 Å². The van der Waals surface area contributed by atoms with Crippen LogP contribution < -0.4 is 10.6 Å². The average Bonchev–Trinajstić information content (AvgIpc) is 2.45. The van der Waals surface area contributed by atoms with Gasteiger partial charge in [0.15, 0.2) is 0 Å². The molecule has 118 valence electrons. The molecule has 1 amide bonds. The normalized spacial score (nSPS) is 11.2. The fourth-order valence-corrected chi connectivity index (χ4v) is 1.90. The van der Waals surface area contributed by atoms with Crippen LogP contribution in [0.2, 0.25) is 0 Å². The number of rotatable bonds is 5. The number of anilines is 1. The summed E-state index contributed by atoms with van der Waals surface area (Å²) in [5.41, 5.74) is 2.26. The van der Waals surface area contributed by atoms with Crippen LogP contribution in [0.5, 0.6) is 0 Å². The van der Waals surface area contributed by atoms with Crippen LogP contribution >= 0.6 is 0 Å². The molecule has 1 heterocycles. The van der Waals surface area contributed by atoms with Gasteiger partial charge in [0.1, 0.15) is 5.60 Å². The van der Waals surface area contributed by atoms with E-state index < -0.39 is 5.60 Å². The number of nitrogens with one attached hydrogen (secondary N) is 2. The largest absolute Gasteiger partial charge is 0.444 e. The van der Waals surface area contributed by atoms with Crippen molar-refractivity contribution in [3.63, 3.8) is 0 Å². The Kier molecular flexibility index (Phi) is 5.14. The fourth-order valence-electron chi connectivity index (χ4n) is 1.90. The van der Waals surface area contributed by atoms with Crippen molar-refractivity contribution >= 4 is 22.8 Å². The summed E-state index contributed by atoms with van der Waals surface area (Å²) < 4.78 is 5.17. The zero-order valence-corrected chi connectivity index (χ0v) is 13.2. The lowest BCUT2D eigenvalue weighted by molar-refractivity contribution is 0.0528. The average molecular weight is 302 g/mol. The van der Waals surface area contributed by atoms with Gasteiger partial charge in [0.2, 0.25) is 0 Å². The van der Waals surface area contributed by atoms with E-state index in [2.05, 4.69) is 20.6 Å². The van der Waals surface area contributed by atoms with Crippen LogP contribution in [0.25, 0.3) is 11.0 Å². The molecule has 2 aromatic rings. The van der Waals surface area contributed by atoms with E-state index >= 15 is 0 Å². The number of amides is 1. The first-order valence-corrected chi connectivity index (χ1v) is 7.35. The standard InChI is InChI=1S/C16H22N4O2/c1-16(2,3)22-15(21)20-8-4-7-17-12-5-6-13-14(11-12)19-10-9-18-13/h5-6,9-11,17H,4,7-8H2,1-3H3,(H,20,21). The van der Waals surface area contributed by atoms with Crippen molar-refractivity contribution in [3.05, 3.63) is 30.6 Å². The van der Waals surface area contributed by atoms with E-state index in [1.165, 1.54) is 0 Å². The lowest BCUT2D eigenvalue weighted by Gasteiger charge is -2.19. The lowest BCUT2D eigenvalue weighted by Crippen LogP contribution is -2.33. The number of ether oxygens (including phenoxy) is 1. The van der Waals surface area contributed by atoms with E-state index in [9.17, 15) is 4.79 Å². The summed E-state index contributed by atoms with van der Waals surface area (Å²) in [6.45, 7) is 6.85. The molecule has 0 aliphatic rings. The number of alkyl carbamates (subject to hydrolysis) is 1. The number of hydrogen-bond donors (Lipinski definition) is 2. The molecule has 1 aromatic carbocycles. The molecule has 0 bridgehead atoms. The highest BCUT2D eigenvalue weighted by molar-refractivity contribution is 5.78. The Balaban J connectivity index is 1.71. The maximum Gasteiger partial charge on any atom is 0.407 e. The van der Waals surface area contributed by atoms with Crippen molar-refractivity contribution in [1.82, 2.24) is 15.3 Å². The molecule has 2 rings (SSSR count). The third kappa shape index (κ3) is 5.20. The Labute approximate surface area is 130 Å². The van der Waals surface area contributed by atoms with Gasteiger partial charge in [0.25, 0.3) is 0 Å². The van der Waals surface area contributed by atoms with Gasteiger partial charge in [-0.3, -0.25) is 9.97 Å². The molecule has 0 aliphatic carbocycles. The Morgan fingerprint density at radius 1 is 1.14 bits per heavy atom. The maximum atomic E-state index is 11.5. The Morgan fingerprint density at radius 3 is 2.59 bits per heavy atom. The third-order valence-electron chi connectivity index (χ3n) is 2.82. The summed E-state index contributed by atoms with van der Waals surface area (Å²) in [4.78, 5) is 20.0. The van der Waals surface area contributed by atoms with Crippen LogP contribution in [0.15, 0.2) is 30.6 Å². The predicted octanol–water partition coefficient (Wildman–Crippen LogP) is 2.96. The second kappa shape index (κ2) is 7.06. The Bertz CT molecular complexity index is 637. The monoisotopic (exact) mass is 302 g/mol. The van der Waals surface area contributed by atoms with Gasteiger partial charge in [-0.05, 0) is 45.4 Å². The molecule has 22 heavy (non-hydrogen) atoms. The van der Waals surface area contributed by atoms with Crippen molar-refractivity contribution in [2.45, 2.75) is 32.8 Å². The molecule has 0 radical (unpaired) electrons. The lowest BCUT2D eigenvalue weighted by atomic mass is 10.2. The van der Waals surface area contributed by atoms with E-state index in [0.717, 1.165) is 29.7 Å². The minimum Gasteiger partial charge on any atom is -0.444 e. The van der Waals surface area contributed by atoms with E-state index in [-0.39, 0.29) is 6.09 Å². The summed E-state index contributed by atoms with van der Waals surface area (Å²) in [6.07, 6.45) is 3.78. The molecule has 6 nitrogen and oxygen atoms in total. The zero-order valence-electron chi connectivity index (χ0n) is 13.2. The van der Waals surface area contributed by atoms with Crippen molar-refractivity contribution in [2.75, 3.05) is 18.4 Å². The van der Waals surface area contributed by atoms with Crippen LogP contribution in [-0.4, -0.2) is 34.8 Å². The smallest absolute Gasteiger partial charge is 0.407 e. The fraction of sp³-hybridized carbons (Fsp3) is 0.438. The molecular formula is C16H22N4O2. The van der Waals surface area contributed by atoms with Crippen molar-refractivity contribution in [2.24, 2.45) is 0 Å². The topological polar surface area (TPSA) is 76.1 Å². The zero-order chi connectivity index (χ0) is 16.0. The number of nitrogens with zero attached hydrogens (tertiary/aromatic N) is 2. The second-order valence-corrected chi connectivity index (χ2v) is 5.97. The third-order valence-corrected chi connectivity index (χ3v) is 2.82. The first kappa shape index (κ1) is 16.0. The Morgan fingerprint density at radius 2 is 1.86 bits per heavy atom. The minimum absolute atomic E-state index is 0.381. The van der Waals surface area contributed by atoms with Gasteiger partial charge in [-0.25, -0.2) is 4.79 Å². The second-order valence-electron chi connectivity index (χ2n) is 5.97. The van der Waals surface area contributed by atoms with Crippen LogP contribution in [0.3, 0.4) is 0 Å². The molecule has 0 atom stereocenters. The highest BCUT2D eigenvalue weighted by Crippen LogP contribution is 2.14. The van der Waals surface area contributed by atoms with Gasteiger partial charge in [0, 0.05) is 31.2 Å². The summed E-state index contributed by atoms with van der Waals surface area (Å²) in [7, 11) is 0. The summed E-state index contributed by atoms with van der Waals surface area (Å²) in [6, 6.07) is 5.87. The van der Waals surface area contributed by atoms with Crippen molar-refractivity contribution in [3.8, 4) is 0 Å². The summed E-state index contributed by atoms with van der Waals surface area (Å²) in [5, 5.41) is 6.03. The first-order valence-electron chi connectivity index (χ1n) is 7.35. The molecule has 2 N–H and O–H groups in total. The highest BCUT2D eigenvalue weighted by Gasteiger charge is 2.15. The van der Waals surface area contributed by atoms with E-state index in [1.54, 1.807) is 12.4 Å². The molecular weight excluding hydrogens is 280 g/mol. The molecule has 0 spiro atoms. The van der Waals surface area contributed by atoms with Gasteiger partial charge in [-0.2, -0.15) is 0 Å². The Hall–Kier alpha value is -2.37. The number of fused-ring (bicyclic) bond motifs is 1. The quantitative estimate of drug-likeness (QED) is 0.830. The highest BCUT2D eigenvalue weighted by atomic mass is 16.6. The predicted molar refractivity (Wildman–Crippen MR) is 86.9 cm³/mol.